The van der Waals surface area contributed by atoms with Crippen molar-refractivity contribution >= 4 is 11.4 Å². The highest BCUT2D eigenvalue weighted by Crippen LogP contribution is 2.21. The van der Waals surface area contributed by atoms with E-state index in [2.05, 4.69) is 5.32 Å². The fourth-order valence-corrected chi connectivity index (χ4v) is 1.80. The maximum atomic E-state index is 13.4. The van der Waals surface area contributed by atoms with Crippen LogP contribution in [0.1, 0.15) is 11.1 Å². The zero-order valence-corrected chi connectivity index (χ0v) is 10.7. The summed E-state index contributed by atoms with van der Waals surface area (Å²) in [4.78, 5) is 9.73. The summed E-state index contributed by atoms with van der Waals surface area (Å²) >= 11 is 0. The summed E-state index contributed by atoms with van der Waals surface area (Å²) < 4.78 is 26.8. The molecule has 0 fully saturated rings. The number of hydrogen-bond acceptors (Lipinski definition) is 3. The summed E-state index contributed by atoms with van der Waals surface area (Å²) in [6.07, 6.45) is 0. The quantitative estimate of drug-likeness (QED) is 0.683. The Balaban J connectivity index is 2.13. The van der Waals surface area contributed by atoms with Crippen molar-refractivity contribution in [3.8, 4) is 0 Å². The molecule has 1 N–H and O–H groups in total. The predicted octanol–water partition coefficient (Wildman–Crippen LogP) is 3.79. The molecule has 0 saturated carbocycles. The first-order valence-electron chi connectivity index (χ1n) is 5.91. The Kier molecular flexibility index (Phi) is 3.93. The summed E-state index contributed by atoms with van der Waals surface area (Å²) in [6.45, 7) is 1.88. The molecule has 2 rings (SSSR count). The second-order valence-electron chi connectivity index (χ2n) is 4.31. The first-order valence-corrected chi connectivity index (χ1v) is 5.91. The van der Waals surface area contributed by atoms with E-state index in [0.717, 1.165) is 12.1 Å². The molecule has 0 saturated heterocycles. The van der Waals surface area contributed by atoms with Crippen molar-refractivity contribution in [1.82, 2.24) is 0 Å². The lowest BCUT2D eigenvalue weighted by molar-refractivity contribution is -0.387. The van der Waals surface area contributed by atoms with Crippen LogP contribution in [0.5, 0.6) is 0 Å². The van der Waals surface area contributed by atoms with E-state index < -0.39 is 16.4 Å². The van der Waals surface area contributed by atoms with E-state index in [0.29, 0.717) is 16.8 Å². The lowest BCUT2D eigenvalue weighted by Gasteiger charge is -2.10. The molecule has 0 aliphatic heterocycles. The van der Waals surface area contributed by atoms with Crippen LogP contribution in [0.25, 0.3) is 0 Å². The van der Waals surface area contributed by atoms with E-state index in [1.165, 1.54) is 12.1 Å². The maximum Gasteiger partial charge on any atom is 0.304 e. The van der Waals surface area contributed by atoms with Crippen molar-refractivity contribution in [2.75, 3.05) is 5.32 Å². The van der Waals surface area contributed by atoms with Crippen molar-refractivity contribution in [1.29, 1.82) is 0 Å². The van der Waals surface area contributed by atoms with E-state index in [1.807, 2.05) is 0 Å². The van der Waals surface area contributed by atoms with E-state index in [1.54, 1.807) is 19.1 Å². The summed E-state index contributed by atoms with van der Waals surface area (Å²) in [7, 11) is 0. The third-order valence-corrected chi connectivity index (χ3v) is 2.96. The zero-order valence-electron chi connectivity index (χ0n) is 10.7. The monoisotopic (exact) mass is 278 g/mol. The Labute approximate surface area is 114 Å². The molecule has 104 valence electrons. The van der Waals surface area contributed by atoms with Crippen LogP contribution in [0.2, 0.25) is 0 Å². The summed E-state index contributed by atoms with van der Waals surface area (Å²) in [5, 5.41) is 13.5. The highest BCUT2D eigenvalue weighted by Gasteiger charge is 2.13. The first-order chi connectivity index (χ1) is 9.49. The molecule has 20 heavy (non-hydrogen) atoms. The Morgan fingerprint density at radius 1 is 1.20 bits per heavy atom. The number of hydrogen-bond donors (Lipinski definition) is 1. The molecule has 0 unspecified atom stereocenters. The number of benzene rings is 2. The molecule has 0 aliphatic carbocycles. The number of halogens is 2. The second kappa shape index (κ2) is 5.64. The van der Waals surface area contributed by atoms with Gasteiger partial charge in [0.25, 0.3) is 0 Å². The van der Waals surface area contributed by atoms with Gasteiger partial charge >= 0.3 is 5.69 Å². The van der Waals surface area contributed by atoms with Crippen LogP contribution in [0.15, 0.2) is 36.4 Å². The Bertz CT molecular complexity index is 660. The number of rotatable bonds is 4. The van der Waals surface area contributed by atoms with Gasteiger partial charge in [0.15, 0.2) is 0 Å². The fraction of sp³-hybridized carbons (Fsp3) is 0.143. The van der Waals surface area contributed by atoms with Gasteiger partial charge in [-0.2, -0.15) is 4.39 Å². The molecule has 0 amide bonds. The lowest BCUT2D eigenvalue weighted by Crippen LogP contribution is -2.03. The van der Waals surface area contributed by atoms with E-state index in [-0.39, 0.29) is 12.4 Å². The topological polar surface area (TPSA) is 55.2 Å². The highest BCUT2D eigenvalue weighted by molar-refractivity contribution is 5.51. The van der Waals surface area contributed by atoms with Crippen LogP contribution < -0.4 is 5.32 Å². The highest BCUT2D eigenvalue weighted by atomic mass is 19.1. The Morgan fingerprint density at radius 2 is 1.95 bits per heavy atom. The number of nitro groups is 1. The number of anilines is 1. The molecule has 0 heterocycles. The van der Waals surface area contributed by atoms with Gasteiger partial charge in [0.1, 0.15) is 5.82 Å². The molecule has 0 aromatic heterocycles. The number of nitro benzene ring substituents is 1. The molecular formula is C14H12F2N2O2. The van der Waals surface area contributed by atoms with Crippen molar-refractivity contribution < 1.29 is 13.7 Å². The molecular weight excluding hydrogens is 266 g/mol. The molecule has 2 aromatic rings. The minimum absolute atomic E-state index is 0.249. The maximum absolute atomic E-state index is 13.4. The standard InChI is InChI=1S/C14H12F2N2O2/c1-9-11(15)3-2-4-13(9)17-8-10-5-6-14(18(19)20)12(16)7-10/h2-7,17H,8H2,1H3. The van der Waals surface area contributed by atoms with E-state index in [9.17, 15) is 18.9 Å². The third-order valence-electron chi connectivity index (χ3n) is 2.96. The van der Waals surface area contributed by atoms with Crippen LogP contribution >= 0.6 is 0 Å². The van der Waals surface area contributed by atoms with Crippen LogP contribution in [-0.4, -0.2) is 4.92 Å². The summed E-state index contributed by atoms with van der Waals surface area (Å²) in [6, 6.07) is 8.31. The summed E-state index contributed by atoms with van der Waals surface area (Å²) in [5.41, 5.74) is 1.05. The van der Waals surface area contributed by atoms with Gasteiger partial charge in [0.2, 0.25) is 5.82 Å². The van der Waals surface area contributed by atoms with Gasteiger partial charge in [-0.15, -0.1) is 0 Å². The van der Waals surface area contributed by atoms with Crippen LogP contribution in [0.3, 0.4) is 0 Å². The van der Waals surface area contributed by atoms with Crippen molar-refractivity contribution in [2.45, 2.75) is 13.5 Å². The van der Waals surface area contributed by atoms with Gasteiger partial charge in [-0.25, -0.2) is 4.39 Å². The second-order valence-corrected chi connectivity index (χ2v) is 4.31. The van der Waals surface area contributed by atoms with Gasteiger partial charge in [-0.05, 0) is 30.7 Å². The van der Waals surface area contributed by atoms with Gasteiger partial charge in [0, 0.05) is 23.9 Å². The molecule has 0 atom stereocenters. The third kappa shape index (κ3) is 2.90. The molecule has 6 heteroatoms. The lowest BCUT2D eigenvalue weighted by atomic mass is 10.1. The average molecular weight is 278 g/mol. The van der Waals surface area contributed by atoms with Crippen LogP contribution in [0, 0.1) is 28.7 Å². The molecule has 0 spiro atoms. The van der Waals surface area contributed by atoms with Gasteiger partial charge < -0.3 is 5.32 Å². The fourth-order valence-electron chi connectivity index (χ4n) is 1.80. The molecule has 2 aromatic carbocycles. The van der Waals surface area contributed by atoms with Crippen LogP contribution in [0.4, 0.5) is 20.2 Å². The van der Waals surface area contributed by atoms with Gasteiger partial charge in [-0.3, -0.25) is 10.1 Å². The van der Waals surface area contributed by atoms with Gasteiger partial charge in [0.05, 0.1) is 4.92 Å². The zero-order chi connectivity index (χ0) is 14.7. The van der Waals surface area contributed by atoms with E-state index >= 15 is 0 Å². The largest absolute Gasteiger partial charge is 0.381 e. The molecule has 0 bridgehead atoms. The molecule has 4 nitrogen and oxygen atoms in total. The molecule has 0 aliphatic rings. The Morgan fingerprint density at radius 3 is 2.60 bits per heavy atom. The minimum Gasteiger partial charge on any atom is -0.381 e. The molecule has 0 radical (unpaired) electrons. The average Bonchev–Trinajstić information content (AvgIpc) is 2.40. The SMILES string of the molecule is Cc1c(F)cccc1NCc1ccc([N+](=O)[O-])c(F)c1. The van der Waals surface area contributed by atoms with Crippen molar-refractivity contribution in [2.24, 2.45) is 0 Å². The van der Waals surface area contributed by atoms with E-state index in [4.69, 9.17) is 0 Å². The van der Waals surface area contributed by atoms with Crippen molar-refractivity contribution in [3.63, 3.8) is 0 Å². The van der Waals surface area contributed by atoms with Crippen LogP contribution in [-0.2, 0) is 6.54 Å². The predicted molar refractivity (Wildman–Crippen MR) is 71.5 cm³/mol. The smallest absolute Gasteiger partial charge is 0.304 e. The Hall–Kier alpha value is -2.50. The minimum atomic E-state index is -0.884. The summed E-state index contributed by atoms with van der Waals surface area (Å²) in [5.74, 6) is -1.21. The number of nitrogens with zero attached hydrogens (tertiary/aromatic N) is 1. The normalized spacial score (nSPS) is 10.3. The van der Waals surface area contributed by atoms with Gasteiger partial charge in [-0.1, -0.05) is 12.1 Å². The van der Waals surface area contributed by atoms with Crippen molar-refractivity contribution in [3.05, 3.63) is 69.3 Å². The first kappa shape index (κ1) is 13.9. The number of nitrogens with one attached hydrogen (secondary N) is 1.